The van der Waals surface area contributed by atoms with Crippen molar-refractivity contribution in [2.75, 3.05) is 26.9 Å². The molecule has 2 aromatic carbocycles. The van der Waals surface area contributed by atoms with Crippen LogP contribution in [-0.2, 0) is 25.1 Å². The van der Waals surface area contributed by atoms with Gasteiger partial charge < -0.3 is 18.9 Å². The minimum atomic E-state index is -0.561. The summed E-state index contributed by atoms with van der Waals surface area (Å²) in [5, 5.41) is 0. The Kier molecular flexibility index (Phi) is 8.44. The Bertz CT molecular complexity index is 934. The van der Waals surface area contributed by atoms with Gasteiger partial charge in [-0.25, -0.2) is 9.59 Å². The summed E-state index contributed by atoms with van der Waals surface area (Å²) in [6.45, 7) is 13.0. The van der Waals surface area contributed by atoms with E-state index in [1.807, 2.05) is 12.1 Å². The van der Waals surface area contributed by atoms with Crippen LogP contribution >= 0.6 is 0 Å². The van der Waals surface area contributed by atoms with E-state index in [1.54, 1.807) is 18.2 Å². The van der Waals surface area contributed by atoms with E-state index in [2.05, 4.69) is 47.6 Å². The van der Waals surface area contributed by atoms with E-state index in [1.165, 1.54) is 18.7 Å². The molecule has 0 spiro atoms. The lowest BCUT2D eigenvalue weighted by Crippen LogP contribution is -2.21. The molecule has 6 heteroatoms. The molecule has 0 fully saturated rings. The zero-order chi connectivity index (χ0) is 23.9. The molecule has 0 N–H and O–H groups in total. The number of benzene rings is 2. The van der Waals surface area contributed by atoms with Gasteiger partial charge in [0.2, 0.25) is 0 Å². The topological polar surface area (TPSA) is 71.1 Å². The van der Waals surface area contributed by atoms with E-state index in [0.717, 1.165) is 5.56 Å². The molecule has 174 valence electrons. The van der Waals surface area contributed by atoms with Crippen LogP contribution in [0.1, 0.15) is 63.0 Å². The van der Waals surface area contributed by atoms with Crippen molar-refractivity contribution in [2.45, 2.75) is 52.4 Å². The fraction of sp³-hybridized carbons (Fsp3) is 0.462. The van der Waals surface area contributed by atoms with Gasteiger partial charge in [-0.15, -0.1) is 0 Å². The number of carbonyl (C=O) groups is 2. The van der Waals surface area contributed by atoms with Gasteiger partial charge in [0.05, 0.1) is 12.2 Å². The van der Waals surface area contributed by atoms with Crippen molar-refractivity contribution in [3.63, 3.8) is 0 Å². The van der Waals surface area contributed by atoms with Crippen molar-refractivity contribution < 1.29 is 28.5 Å². The molecule has 0 atom stereocenters. The molecule has 0 amide bonds. The Balaban J connectivity index is 2.06. The first-order chi connectivity index (χ1) is 14.9. The van der Waals surface area contributed by atoms with E-state index in [9.17, 15) is 9.59 Å². The van der Waals surface area contributed by atoms with E-state index < -0.39 is 11.9 Å². The van der Waals surface area contributed by atoms with Crippen LogP contribution < -0.4 is 9.47 Å². The smallest absolute Gasteiger partial charge is 0.349 e. The maximum atomic E-state index is 12.4. The quantitative estimate of drug-likeness (QED) is 0.323. The summed E-state index contributed by atoms with van der Waals surface area (Å²) in [6, 6.07) is 12.3. The maximum absolute atomic E-state index is 12.4. The zero-order valence-electron chi connectivity index (χ0n) is 20.1. The lowest BCUT2D eigenvalue weighted by Gasteiger charge is -2.27. The second-order valence-corrected chi connectivity index (χ2v) is 9.63. The Morgan fingerprint density at radius 2 is 1.59 bits per heavy atom. The van der Waals surface area contributed by atoms with E-state index in [-0.39, 0.29) is 29.8 Å². The van der Waals surface area contributed by atoms with Gasteiger partial charge in [0.25, 0.3) is 0 Å². The third kappa shape index (κ3) is 7.38. The molecule has 0 heterocycles. The van der Waals surface area contributed by atoms with Crippen LogP contribution in [-0.4, -0.2) is 38.9 Å². The number of rotatable bonds is 8. The normalized spacial score (nSPS) is 11.7. The van der Waals surface area contributed by atoms with Crippen molar-refractivity contribution in [1.29, 1.82) is 0 Å². The summed E-state index contributed by atoms with van der Waals surface area (Å²) in [5.74, 6) is -0.170. The van der Waals surface area contributed by atoms with Crippen LogP contribution in [0.3, 0.4) is 0 Å². The van der Waals surface area contributed by atoms with Gasteiger partial charge in [0, 0.05) is 7.11 Å². The monoisotopic (exact) mass is 442 g/mol. The zero-order valence-corrected chi connectivity index (χ0v) is 20.1. The molecule has 0 aliphatic heterocycles. The molecule has 0 aromatic heterocycles. The first kappa shape index (κ1) is 25.4. The molecule has 2 rings (SSSR count). The van der Waals surface area contributed by atoms with Crippen molar-refractivity contribution in [3.8, 4) is 11.5 Å². The second-order valence-electron chi connectivity index (χ2n) is 9.63. The minimum absolute atomic E-state index is 0.00713. The van der Waals surface area contributed by atoms with Crippen molar-refractivity contribution in [3.05, 3.63) is 59.2 Å². The first-order valence-corrected chi connectivity index (χ1v) is 10.7. The lowest BCUT2D eigenvalue weighted by atomic mass is 9.80. The average Bonchev–Trinajstić information content (AvgIpc) is 2.71. The summed E-state index contributed by atoms with van der Waals surface area (Å²) in [6.07, 6.45) is 0. The van der Waals surface area contributed by atoms with Gasteiger partial charge in [0.15, 0.2) is 6.61 Å². The van der Waals surface area contributed by atoms with E-state index >= 15 is 0 Å². The third-order valence-electron chi connectivity index (χ3n) is 4.82. The van der Waals surface area contributed by atoms with Gasteiger partial charge in [-0.2, -0.15) is 0 Å². The van der Waals surface area contributed by atoms with Crippen LogP contribution in [0.5, 0.6) is 11.5 Å². The molecule has 0 radical (unpaired) electrons. The van der Waals surface area contributed by atoms with E-state index in [4.69, 9.17) is 18.9 Å². The summed E-state index contributed by atoms with van der Waals surface area (Å²) >= 11 is 0. The Morgan fingerprint density at radius 1 is 0.875 bits per heavy atom. The Labute approximate surface area is 190 Å². The van der Waals surface area contributed by atoms with Gasteiger partial charge in [-0.05, 0) is 46.2 Å². The summed E-state index contributed by atoms with van der Waals surface area (Å²) < 4.78 is 21.1. The number of methoxy groups -OCH3 is 1. The maximum Gasteiger partial charge on any atom is 0.349 e. The van der Waals surface area contributed by atoms with Gasteiger partial charge in [-0.1, -0.05) is 59.7 Å². The number of hydrogen-bond acceptors (Lipinski definition) is 6. The fourth-order valence-corrected chi connectivity index (χ4v) is 2.99. The second kappa shape index (κ2) is 10.6. The molecular formula is C26H34O6. The highest BCUT2D eigenvalue weighted by Gasteiger charge is 2.23. The molecule has 32 heavy (non-hydrogen) atoms. The SMILES string of the molecule is COCCOC(=O)c1cccc(OC(=O)COc2ccc(C(C)(C)C)cc2C(C)(C)C)c1. The predicted octanol–water partition coefficient (Wildman–Crippen LogP) is 5.07. The molecule has 0 aliphatic carbocycles. The molecule has 6 nitrogen and oxygen atoms in total. The molecule has 0 unspecified atom stereocenters. The van der Waals surface area contributed by atoms with Crippen LogP contribution in [0.15, 0.2) is 42.5 Å². The Hall–Kier alpha value is -2.86. The minimum Gasteiger partial charge on any atom is -0.482 e. The van der Waals surface area contributed by atoms with Crippen molar-refractivity contribution >= 4 is 11.9 Å². The molecule has 0 bridgehead atoms. The van der Waals surface area contributed by atoms with Gasteiger partial charge in [0.1, 0.15) is 18.1 Å². The highest BCUT2D eigenvalue weighted by Crippen LogP contribution is 2.35. The molecule has 0 aliphatic rings. The number of carbonyl (C=O) groups excluding carboxylic acids is 2. The lowest BCUT2D eigenvalue weighted by molar-refractivity contribution is -0.136. The third-order valence-corrected chi connectivity index (χ3v) is 4.82. The van der Waals surface area contributed by atoms with Crippen LogP contribution in [0.25, 0.3) is 0 Å². The molecule has 2 aromatic rings. The van der Waals surface area contributed by atoms with Gasteiger partial charge in [-0.3, -0.25) is 0 Å². The number of ether oxygens (including phenoxy) is 4. The largest absolute Gasteiger partial charge is 0.482 e. The van der Waals surface area contributed by atoms with Gasteiger partial charge >= 0.3 is 11.9 Å². The van der Waals surface area contributed by atoms with Crippen LogP contribution in [0.2, 0.25) is 0 Å². The molecule has 0 saturated carbocycles. The number of hydrogen-bond donors (Lipinski definition) is 0. The van der Waals surface area contributed by atoms with E-state index in [0.29, 0.717) is 17.9 Å². The Morgan fingerprint density at radius 3 is 2.22 bits per heavy atom. The molecule has 0 saturated heterocycles. The molecular weight excluding hydrogens is 408 g/mol. The standard InChI is InChI=1S/C26H34O6/c1-25(2,3)19-11-12-22(21(16-19)26(4,5)6)31-17-23(27)32-20-10-8-9-18(15-20)24(28)30-14-13-29-7/h8-12,15-16H,13-14,17H2,1-7H3. The first-order valence-electron chi connectivity index (χ1n) is 10.7. The average molecular weight is 443 g/mol. The summed E-state index contributed by atoms with van der Waals surface area (Å²) in [4.78, 5) is 24.4. The van der Waals surface area contributed by atoms with Crippen molar-refractivity contribution in [2.24, 2.45) is 0 Å². The number of esters is 2. The fourth-order valence-electron chi connectivity index (χ4n) is 2.99. The highest BCUT2D eigenvalue weighted by atomic mass is 16.6. The predicted molar refractivity (Wildman–Crippen MR) is 124 cm³/mol. The van der Waals surface area contributed by atoms with Crippen molar-refractivity contribution in [1.82, 2.24) is 0 Å². The summed E-state index contributed by atoms with van der Waals surface area (Å²) in [5.41, 5.74) is 2.37. The summed E-state index contributed by atoms with van der Waals surface area (Å²) in [7, 11) is 1.53. The highest BCUT2D eigenvalue weighted by molar-refractivity contribution is 5.90. The van der Waals surface area contributed by atoms with Crippen LogP contribution in [0.4, 0.5) is 0 Å². The van der Waals surface area contributed by atoms with Crippen LogP contribution in [0, 0.1) is 0 Å².